The molecule has 8 heteroatoms. The van der Waals surface area contributed by atoms with Crippen molar-refractivity contribution in [3.63, 3.8) is 0 Å². The Balaban J connectivity index is 1.16. The molecular formula is C30H27ClFN3O2S. The molecule has 2 heterocycles. The highest BCUT2D eigenvalue weighted by Gasteiger charge is 2.26. The number of anilines is 1. The van der Waals surface area contributed by atoms with Crippen molar-refractivity contribution in [3.8, 4) is 11.1 Å². The zero-order valence-electron chi connectivity index (χ0n) is 20.7. The number of hydrogen-bond acceptors (Lipinski definition) is 4. The van der Waals surface area contributed by atoms with E-state index in [2.05, 4.69) is 10.3 Å². The van der Waals surface area contributed by atoms with E-state index in [1.807, 2.05) is 59.5 Å². The Labute approximate surface area is 230 Å². The minimum Gasteiger partial charge on any atom is -0.343 e. The van der Waals surface area contributed by atoms with Gasteiger partial charge < -0.3 is 10.2 Å². The first-order valence-electron chi connectivity index (χ1n) is 12.6. The fourth-order valence-corrected chi connectivity index (χ4v) is 5.81. The normalized spacial score (nSPS) is 13.9. The molecule has 5 rings (SSSR count). The summed E-state index contributed by atoms with van der Waals surface area (Å²) in [5.74, 6) is -0.224. The molecule has 1 aromatic heterocycles. The zero-order valence-corrected chi connectivity index (χ0v) is 22.3. The Morgan fingerprint density at radius 3 is 2.55 bits per heavy atom. The molecule has 0 saturated carbocycles. The molecule has 1 aliphatic heterocycles. The summed E-state index contributed by atoms with van der Waals surface area (Å²) in [5.41, 5.74) is 3.80. The fourth-order valence-electron chi connectivity index (χ4n) is 4.72. The molecule has 1 saturated heterocycles. The minimum atomic E-state index is -0.280. The number of benzene rings is 3. The van der Waals surface area contributed by atoms with Gasteiger partial charge in [-0.1, -0.05) is 54.1 Å². The second-order valence-corrected chi connectivity index (χ2v) is 10.7. The molecule has 0 aliphatic carbocycles. The predicted octanol–water partition coefficient (Wildman–Crippen LogP) is 7.19. The number of thiazole rings is 1. The minimum absolute atomic E-state index is 0.0891. The number of carbonyl (C=O) groups is 2. The van der Waals surface area contributed by atoms with Crippen LogP contribution in [0.15, 0.2) is 78.2 Å². The van der Waals surface area contributed by atoms with Crippen molar-refractivity contribution in [1.82, 2.24) is 9.88 Å². The van der Waals surface area contributed by atoms with Gasteiger partial charge in [-0.05, 0) is 60.7 Å². The van der Waals surface area contributed by atoms with Crippen LogP contribution in [-0.4, -0.2) is 34.8 Å². The van der Waals surface area contributed by atoms with Gasteiger partial charge in [-0.2, -0.15) is 0 Å². The lowest BCUT2D eigenvalue weighted by Crippen LogP contribution is -2.38. The van der Waals surface area contributed by atoms with Gasteiger partial charge in [-0.15, -0.1) is 11.3 Å². The van der Waals surface area contributed by atoms with Crippen LogP contribution in [0.2, 0.25) is 5.02 Å². The first-order valence-corrected chi connectivity index (χ1v) is 13.9. The molecule has 2 amide bonds. The molecule has 4 aromatic rings. The first-order chi connectivity index (χ1) is 18.5. The van der Waals surface area contributed by atoms with Gasteiger partial charge in [0, 0.05) is 47.1 Å². The smallest absolute Gasteiger partial charge is 0.275 e. The summed E-state index contributed by atoms with van der Waals surface area (Å²) < 4.78 is 13.4. The molecule has 0 radical (unpaired) electrons. The van der Waals surface area contributed by atoms with Gasteiger partial charge in [-0.25, -0.2) is 9.37 Å². The molecule has 1 N–H and O–H groups in total. The maximum absolute atomic E-state index is 13.4. The van der Waals surface area contributed by atoms with Crippen LogP contribution in [-0.2, 0) is 11.2 Å². The number of halogens is 2. The molecule has 3 aromatic carbocycles. The Hall–Kier alpha value is -3.55. The molecule has 5 nitrogen and oxygen atoms in total. The molecule has 0 spiro atoms. The number of nitrogens with one attached hydrogen (secondary N) is 1. The summed E-state index contributed by atoms with van der Waals surface area (Å²) >= 11 is 7.52. The number of amides is 2. The van der Waals surface area contributed by atoms with Crippen LogP contribution >= 0.6 is 22.9 Å². The predicted molar refractivity (Wildman–Crippen MR) is 150 cm³/mol. The van der Waals surface area contributed by atoms with Crippen LogP contribution in [0.3, 0.4) is 0 Å². The molecule has 0 atom stereocenters. The summed E-state index contributed by atoms with van der Waals surface area (Å²) in [6.45, 7) is 1.31. The number of piperidine rings is 1. The Morgan fingerprint density at radius 2 is 1.79 bits per heavy atom. The van der Waals surface area contributed by atoms with Gasteiger partial charge in [0.05, 0.1) is 5.01 Å². The quantitative estimate of drug-likeness (QED) is 0.266. The van der Waals surface area contributed by atoms with E-state index in [0.29, 0.717) is 42.3 Å². The van der Waals surface area contributed by atoms with Crippen LogP contribution < -0.4 is 5.32 Å². The third-order valence-corrected chi connectivity index (χ3v) is 8.06. The van der Waals surface area contributed by atoms with Gasteiger partial charge in [0.2, 0.25) is 5.91 Å². The lowest BCUT2D eigenvalue weighted by atomic mass is 9.97. The number of likely N-dealkylation sites (tertiary alicyclic amines) is 1. The van der Waals surface area contributed by atoms with Crippen molar-refractivity contribution < 1.29 is 14.0 Å². The highest BCUT2D eigenvalue weighted by atomic mass is 35.5. The van der Waals surface area contributed by atoms with Crippen LogP contribution in [0.25, 0.3) is 11.1 Å². The number of carbonyl (C=O) groups excluding carboxylic acids is 2. The van der Waals surface area contributed by atoms with Crippen molar-refractivity contribution in [2.24, 2.45) is 0 Å². The molecule has 1 aliphatic rings. The number of rotatable bonds is 7. The van der Waals surface area contributed by atoms with Crippen LogP contribution in [0.1, 0.15) is 46.2 Å². The molecular weight excluding hydrogens is 521 g/mol. The van der Waals surface area contributed by atoms with Gasteiger partial charge in [-0.3, -0.25) is 9.59 Å². The number of nitrogens with zero attached hydrogens (tertiary/aromatic N) is 2. The zero-order chi connectivity index (χ0) is 26.5. The van der Waals surface area contributed by atoms with Gasteiger partial charge in [0.1, 0.15) is 11.5 Å². The van der Waals surface area contributed by atoms with E-state index in [9.17, 15) is 14.0 Å². The molecule has 0 unspecified atom stereocenters. The van der Waals surface area contributed by atoms with Crippen LogP contribution in [0.4, 0.5) is 10.1 Å². The average molecular weight is 548 g/mol. The summed E-state index contributed by atoms with van der Waals surface area (Å²) in [6, 6.07) is 21.5. The van der Waals surface area contributed by atoms with Crippen molar-refractivity contribution in [2.45, 2.75) is 31.6 Å². The average Bonchev–Trinajstić information content (AvgIpc) is 3.43. The molecule has 194 valence electrons. The summed E-state index contributed by atoms with van der Waals surface area (Å²) in [5, 5.41) is 6.38. The number of para-hydroxylation sites is 1. The van der Waals surface area contributed by atoms with Crippen molar-refractivity contribution >= 4 is 40.4 Å². The second-order valence-electron chi connectivity index (χ2n) is 9.36. The van der Waals surface area contributed by atoms with Gasteiger partial charge >= 0.3 is 0 Å². The van der Waals surface area contributed by atoms with E-state index in [1.54, 1.807) is 11.4 Å². The van der Waals surface area contributed by atoms with E-state index in [1.165, 1.54) is 23.5 Å². The molecule has 38 heavy (non-hydrogen) atoms. The maximum atomic E-state index is 13.4. The summed E-state index contributed by atoms with van der Waals surface area (Å²) in [6.07, 6.45) is 2.51. The third kappa shape index (κ3) is 6.29. The van der Waals surface area contributed by atoms with E-state index in [4.69, 9.17) is 11.6 Å². The van der Waals surface area contributed by atoms with E-state index >= 15 is 0 Å². The topological polar surface area (TPSA) is 62.3 Å². The van der Waals surface area contributed by atoms with E-state index < -0.39 is 0 Å². The third-order valence-electron chi connectivity index (χ3n) is 6.80. The molecule has 0 bridgehead atoms. The fraction of sp³-hybridized carbons (Fsp3) is 0.233. The summed E-state index contributed by atoms with van der Waals surface area (Å²) in [7, 11) is 0. The van der Waals surface area contributed by atoms with Gasteiger partial charge in [0.25, 0.3) is 5.91 Å². The maximum Gasteiger partial charge on any atom is 0.275 e. The standard InChI is InChI=1S/C30H27ClFN3O2S/c31-23-11-9-21(10-12-23)25-6-1-2-7-26(25)33-29(37)27-19-38-30(34-27)22-14-16-35(17-15-22)28(36)13-8-20-4-3-5-24(32)18-20/h1-7,9-12,18-19,22H,8,13-17H2,(H,33,37). The second kappa shape index (κ2) is 11.9. The SMILES string of the molecule is O=C(Nc1ccccc1-c1ccc(Cl)cc1)c1csc(C2CCN(C(=O)CCc3cccc(F)c3)CC2)n1. The van der Waals surface area contributed by atoms with Crippen molar-refractivity contribution in [1.29, 1.82) is 0 Å². The first kappa shape index (κ1) is 26.1. The Morgan fingerprint density at radius 1 is 1.03 bits per heavy atom. The highest BCUT2D eigenvalue weighted by molar-refractivity contribution is 7.10. The Bertz CT molecular complexity index is 1430. The van der Waals surface area contributed by atoms with E-state index in [-0.39, 0.29) is 23.5 Å². The van der Waals surface area contributed by atoms with Gasteiger partial charge in [0.15, 0.2) is 0 Å². The van der Waals surface area contributed by atoms with Crippen LogP contribution in [0.5, 0.6) is 0 Å². The van der Waals surface area contributed by atoms with Crippen molar-refractivity contribution in [3.05, 3.63) is 105 Å². The van der Waals surface area contributed by atoms with Crippen LogP contribution in [0, 0.1) is 5.82 Å². The monoisotopic (exact) mass is 547 g/mol. The lowest BCUT2D eigenvalue weighted by Gasteiger charge is -2.31. The number of aromatic nitrogens is 1. The Kier molecular flexibility index (Phi) is 8.15. The van der Waals surface area contributed by atoms with Crippen molar-refractivity contribution in [2.75, 3.05) is 18.4 Å². The summed E-state index contributed by atoms with van der Waals surface area (Å²) in [4.78, 5) is 32.2. The lowest BCUT2D eigenvalue weighted by molar-refractivity contribution is -0.132. The largest absolute Gasteiger partial charge is 0.343 e. The highest BCUT2D eigenvalue weighted by Crippen LogP contribution is 2.32. The number of hydrogen-bond donors (Lipinski definition) is 1. The molecule has 1 fully saturated rings. The number of aryl methyl sites for hydroxylation is 1. The van der Waals surface area contributed by atoms with E-state index in [0.717, 1.165) is 34.5 Å².